The molecule has 0 radical (unpaired) electrons. The number of nitro groups is 1. The highest BCUT2D eigenvalue weighted by molar-refractivity contribution is 5.26. The van der Waals surface area contributed by atoms with Crippen LogP contribution in [-0.4, -0.2) is 4.92 Å². The molecule has 6 heteroatoms. The van der Waals surface area contributed by atoms with Crippen molar-refractivity contribution >= 4 is 0 Å². The Labute approximate surface area is 83.7 Å². The second kappa shape index (κ2) is 3.88. The predicted octanol–water partition coefficient (Wildman–Crippen LogP) is 3.04. The highest BCUT2D eigenvalue weighted by Crippen LogP contribution is 2.31. The summed E-state index contributed by atoms with van der Waals surface area (Å²) in [6.07, 6.45) is -4.47. The van der Waals surface area contributed by atoms with Crippen molar-refractivity contribution in [3.8, 4) is 0 Å². The Hall–Kier alpha value is -1.59. The van der Waals surface area contributed by atoms with Crippen LogP contribution in [0.15, 0.2) is 24.3 Å². The van der Waals surface area contributed by atoms with Crippen LogP contribution >= 0.6 is 0 Å². The highest BCUT2D eigenvalue weighted by Gasteiger charge is 2.31. The zero-order valence-corrected chi connectivity index (χ0v) is 7.78. The Balaban J connectivity index is 3.08. The van der Waals surface area contributed by atoms with Crippen LogP contribution in [0.2, 0.25) is 0 Å². The summed E-state index contributed by atoms with van der Waals surface area (Å²) in [5, 5.41) is 10.4. The van der Waals surface area contributed by atoms with Gasteiger partial charge in [0.15, 0.2) is 0 Å². The van der Waals surface area contributed by atoms with Crippen molar-refractivity contribution in [3.63, 3.8) is 0 Å². The van der Waals surface area contributed by atoms with E-state index in [1.807, 2.05) is 0 Å². The Kier molecular flexibility index (Phi) is 2.97. The van der Waals surface area contributed by atoms with Crippen molar-refractivity contribution in [1.29, 1.82) is 0 Å². The number of benzene rings is 1. The molecule has 0 aliphatic carbocycles. The van der Waals surface area contributed by atoms with E-state index in [0.717, 1.165) is 18.2 Å². The van der Waals surface area contributed by atoms with E-state index in [1.165, 1.54) is 13.0 Å². The van der Waals surface area contributed by atoms with Crippen LogP contribution in [0, 0.1) is 10.1 Å². The zero-order chi connectivity index (χ0) is 11.6. The van der Waals surface area contributed by atoms with Crippen LogP contribution < -0.4 is 0 Å². The molecule has 0 saturated heterocycles. The van der Waals surface area contributed by atoms with Crippen LogP contribution in [0.25, 0.3) is 0 Å². The smallest absolute Gasteiger partial charge is 0.264 e. The molecule has 0 saturated carbocycles. The summed E-state index contributed by atoms with van der Waals surface area (Å²) in [6.45, 7) is 1.25. The monoisotopic (exact) mass is 219 g/mol. The molecule has 1 aromatic carbocycles. The third kappa shape index (κ3) is 2.68. The van der Waals surface area contributed by atoms with Crippen molar-refractivity contribution in [3.05, 3.63) is 45.5 Å². The molecule has 1 atom stereocenters. The second-order valence-corrected chi connectivity index (χ2v) is 3.08. The molecule has 15 heavy (non-hydrogen) atoms. The second-order valence-electron chi connectivity index (χ2n) is 3.08. The topological polar surface area (TPSA) is 43.1 Å². The molecule has 0 amide bonds. The zero-order valence-electron chi connectivity index (χ0n) is 7.78. The summed E-state index contributed by atoms with van der Waals surface area (Å²) in [6, 6.07) is 3.03. The summed E-state index contributed by atoms with van der Waals surface area (Å²) in [7, 11) is 0. The molecule has 0 bridgehead atoms. The number of halogens is 3. The van der Waals surface area contributed by atoms with E-state index in [9.17, 15) is 23.3 Å². The molecule has 0 aromatic heterocycles. The third-order valence-corrected chi connectivity index (χ3v) is 2.01. The molecule has 0 aliphatic heterocycles. The lowest BCUT2D eigenvalue weighted by atomic mass is 10.1. The van der Waals surface area contributed by atoms with E-state index in [2.05, 4.69) is 0 Å². The lowest BCUT2D eigenvalue weighted by Crippen LogP contribution is -2.09. The summed E-state index contributed by atoms with van der Waals surface area (Å²) in [5.41, 5.74) is -0.816. The van der Waals surface area contributed by atoms with Crippen LogP contribution in [0.3, 0.4) is 0 Å². The molecular formula is C9H8F3NO2. The van der Waals surface area contributed by atoms with Crippen LogP contribution in [0.4, 0.5) is 13.2 Å². The molecule has 0 heterocycles. The Bertz CT molecular complexity index is 376. The first-order valence-electron chi connectivity index (χ1n) is 4.13. The molecule has 0 spiro atoms. The summed E-state index contributed by atoms with van der Waals surface area (Å²) in [4.78, 5) is 9.76. The molecule has 1 unspecified atom stereocenters. The minimum absolute atomic E-state index is 0.0508. The molecule has 1 aromatic rings. The molecule has 0 N–H and O–H groups in total. The van der Waals surface area contributed by atoms with E-state index in [4.69, 9.17) is 0 Å². The van der Waals surface area contributed by atoms with Gasteiger partial charge < -0.3 is 0 Å². The van der Waals surface area contributed by atoms with Gasteiger partial charge in [-0.05, 0) is 12.1 Å². The highest BCUT2D eigenvalue weighted by atomic mass is 19.4. The summed E-state index contributed by atoms with van der Waals surface area (Å²) < 4.78 is 36.8. The van der Waals surface area contributed by atoms with Gasteiger partial charge in [-0.15, -0.1) is 0 Å². The van der Waals surface area contributed by atoms with E-state index >= 15 is 0 Å². The quantitative estimate of drug-likeness (QED) is 0.566. The van der Waals surface area contributed by atoms with Crippen molar-refractivity contribution in [2.24, 2.45) is 0 Å². The third-order valence-electron chi connectivity index (χ3n) is 2.01. The van der Waals surface area contributed by atoms with Crippen molar-refractivity contribution < 1.29 is 18.1 Å². The Morgan fingerprint density at radius 2 is 2.00 bits per heavy atom. The molecule has 0 fully saturated rings. The predicted molar refractivity (Wildman–Crippen MR) is 46.9 cm³/mol. The first kappa shape index (κ1) is 11.5. The largest absolute Gasteiger partial charge is 0.416 e. The van der Waals surface area contributed by atoms with E-state index in [0.29, 0.717) is 0 Å². The maximum Gasteiger partial charge on any atom is 0.416 e. The number of hydrogen-bond acceptors (Lipinski definition) is 2. The first-order valence-corrected chi connectivity index (χ1v) is 4.13. The van der Waals surface area contributed by atoms with Gasteiger partial charge in [0.2, 0.25) is 6.04 Å². The van der Waals surface area contributed by atoms with E-state index < -0.39 is 22.7 Å². The fraction of sp³-hybridized carbons (Fsp3) is 0.333. The number of rotatable bonds is 2. The standard InChI is InChI=1S/C9H8F3NO2/c1-6(13(14)15)7-3-2-4-8(5-7)9(10,11)12/h2-6H,1H3. The lowest BCUT2D eigenvalue weighted by Gasteiger charge is -2.09. The van der Waals surface area contributed by atoms with Crippen molar-refractivity contribution in [1.82, 2.24) is 0 Å². The maximum atomic E-state index is 12.3. The lowest BCUT2D eigenvalue weighted by molar-refractivity contribution is -0.524. The van der Waals surface area contributed by atoms with Crippen molar-refractivity contribution in [2.75, 3.05) is 0 Å². The molecule has 1 rings (SSSR count). The van der Waals surface area contributed by atoms with E-state index in [1.54, 1.807) is 0 Å². The molecular weight excluding hydrogens is 211 g/mol. The van der Waals surface area contributed by atoms with Crippen LogP contribution in [0.5, 0.6) is 0 Å². The molecule has 0 aliphatic rings. The Morgan fingerprint density at radius 1 is 1.40 bits per heavy atom. The molecule has 82 valence electrons. The number of nitrogens with zero attached hydrogens (tertiary/aromatic N) is 1. The van der Waals surface area contributed by atoms with Gasteiger partial charge in [0.05, 0.1) is 5.56 Å². The average molecular weight is 219 g/mol. The minimum Gasteiger partial charge on any atom is -0.264 e. The van der Waals surface area contributed by atoms with Gasteiger partial charge >= 0.3 is 6.18 Å². The van der Waals surface area contributed by atoms with Gasteiger partial charge in [0.1, 0.15) is 0 Å². The summed E-state index contributed by atoms with van der Waals surface area (Å²) >= 11 is 0. The van der Waals surface area contributed by atoms with E-state index in [-0.39, 0.29) is 5.56 Å². The van der Waals surface area contributed by atoms with Gasteiger partial charge in [-0.2, -0.15) is 13.2 Å². The van der Waals surface area contributed by atoms with Gasteiger partial charge in [0.25, 0.3) is 0 Å². The van der Waals surface area contributed by atoms with Gasteiger partial charge in [-0.3, -0.25) is 10.1 Å². The van der Waals surface area contributed by atoms with Crippen LogP contribution in [0.1, 0.15) is 24.1 Å². The maximum absolute atomic E-state index is 12.3. The van der Waals surface area contributed by atoms with Crippen LogP contribution in [-0.2, 0) is 6.18 Å². The SMILES string of the molecule is CC(c1cccc(C(F)(F)F)c1)[N+](=O)[O-]. The van der Waals surface area contributed by atoms with Crippen molar-refractivity contribution in [2.45, 2.75) is 19.1 Å². The van der Waals surface area contributed by atoms with Gasteiger partial charge in [-0.1, -0.05) is 12.1 Å². The summed E-state index contributed by atoms with van der Waals surface area (Å²) in [5.74, 6) is 0. The first-order chi connectivity index (χ1) is 6.82. The van der Waals surface area contributed by atoms with Gasteiger partial charge in [-0.25, -0.2) is 0 Å². The number of hydrogen-bond donors (Lipinski definition) is 0. The minimum atomic E-state index is -4.47. The number of alkyl halides is 3. The Morgan fingerprint density at radius 3 is 2.47 bits per heavy atom. The fourth-order valence-electron chi connectivity index (χ4n) is 1.10. The fourth-order valence-corrected chi connectivity index (χ4v) is 1.10. The molecule has 3 nitrogen and oxygen atoms in total. The normalized spacial score (nSPS) is 13.6. The van der Waals surface area contributed by atoms with Gasteiger partial charge in [0, 0.05) is 17.4 Å². The average Bonchev–Trinajstić information content (AvgIpc) is 2.15.